The summed E-state index contributed by atoms with van der Waals surface area (Å²) in [7, 11) is 0. The predicted molar refractivity (Wildman–Crippen MR) is 121 cm³/mol. The number of hydrogen-bond acceptors (Lipinski definition) is 3. The van der Waals surface area contributed by atoms with Crippen LogP contribution in [0, 0.1) is 41.3 Å². The van der Waals surface area contributed by atoms with E-state index in [-0.39, 0.29) is 52.7 Å². The molecule has 5 nitrogen and oxygen atoms in total. The van der Waals surface area contributed by atoms with Crippen LogP contribution in [-0.4, -0.2) is 29.3 Å². The molecule has 6 unspecified atom stereocenters. The van der Waals surface area contributed by atoms with Gasteiger partial charge in [-0.25, -0.2) is 4.39 Å². The van der Waals surface area contributed by atoms with Gasteiger partial charge in [0.1, 0.15) is 12.5 Å². The van der Waals surface area contributed by atoms with Gasteiger partial charge in [-0.2, -0.15) is 0 Å². The molecule has 8 heteroatoms. The average Bonchev–Trinajstić information content (AvgIpc) is 3.58. The van der Waals surface area contributed by atoms with Gasteiger partial charge in [0.2, 0.25) is 11.8 Å². The number of allylic oxidation sites excluding steroid dienone is 2. The van der Waals surface area contributed by atoms with Crippen molar-refractivity contribution < 1.29 is 18.8 Å². The second-order valence-corrected chi connectivity index (χ2v) is 10.1. The summed E-state index contributed by atoms with van der Waals surface area (Å²) < 4.78 is 13.6. The van der Waals surface area contributed by atoms with Crippen LogP contribution in [0.15, 0.2) is 54.6 Å². The van der Waals surface area contributed by atoms with Crippen LogP contribution < -0.4 is 4.90 Å². The topological polar surface area (TPSA) is 57.7 Å². The van der Waals surface area contributed by atoms with Crippen molar-refractivity contribution in [3.8, 4) is 0 Å². The van der Waals surface area contributed by atoms with Gasteiger partial charge < -0.3 is 0 Å². The number of carbonyl (C=O) groups excluding carboxylic acids is 3. The number of carbonyl (C=O) groups is 3. The zero-order valence-corrected chi connectivity index (χ0v) is 18.8. The van der Waals surface area contributed by atoms with E-state index in [0.717, 1.165) is 6.42 Å². The third-order valence-corrected chi connectivity index (χ3v) is 8.13. The van der Waals surface area contributed by atoms with Crippen molar-refractivity contribution in [1.29, 1.82) is 0 Å². The summed E-state index contributed by atoms with van der Waals surface area (Å²) in [6.07, 6.45) is 5.28. The first-order valence-electron chi connectivity index (χ1n) is 10.9. The van der Waals surface area contributed by atoms with Gasteiger partial charge in [0, 0.05) is 10.7 Å². The SMILES string of the molecule is O=C1C2C3C=CC(C4CC34)C2C(=O)N1CN(C(=O)c1ccc(Cl)cc1Cl)c1ccc(F)cc1. The fourth-order valence-corrected chi connectivity index (χ4v) is 6.48. The van der Waals surface area contributed by atoms with E-state index < -0.39 is 11.7 Å². The normalized spacial score (nSPS) is 30.9. The highest BCUT2D eigenvalue weighted by Crippen LogP contribution is 2.65. The maximum Gasteiger partial charge on any atom is 0.261 e. The number of hydrogen-bond donors (Lipinski definition) is 0. The molecule has 5 aliphatic rings. The molecular formula is C25H19Cl2FN2O3. The Kier molecular flexibility index (Phi) is 4.68. The van der Waals surface area contributed by atoms with Crippen LogP contribution in [0.1, 0.15) is 16.8 Å². The minimum atomic E-state index is -0.511. The first-order valence-corrected chi connectivity index (χ1v) is 11.7. The third-order valence-electron chi connectivity index (χ3n) is 7.58. The fraction of sp³-hybridized carbons (Fsp3) is 0.320. The molecule has 4 aliphatic carbocycles. The highest BCUT2D eigenvalue weighted by atomic mass is 35.5. The maximum atomic E-state index is 13.6. The summed E-state index contributed by atoms with van der Waals surface area (Å²) in [4.78, 5) is 42.9. The van der Waals surface area contributed by atoms with E-state index in [0.29, 0.717) is 22.5 Å². The van der Waals surface area contributed by atoms with E-state index in [9.17, 15) is 18.8 Å². The quantitative estimate of drug-likeness (QED) is 0.463. The van der Waals surface area contributed by atoms with Gasteiger partial charge in [0.25, 0.3) is 5.91 Å². The molecule has 0 aromatic heterocycles. The van der Waals surface area contributed by atoms with E-state index in [4.69, 9.17) is 23.2 Å². The molecule has 1 aliphatic heterocycles. The summed E-state index contributed by atoms with van der Waals surface area (Å²) >= 11 is 12.2. The average molecular weight is 485 g/mol. The fourth-order valence-electron chi connectivity index (χ4n) is 5.99. The molecule has 2 aromatic rings. The summed E-state index contributed by atoms with van der Waals surface area (Å²) in [5.74, 6) is -1.02. The second-order valence-electron chi connectivity index (χ2n) is 9.23. The zero-order chi connectivity index (χ0) is 23.0. The lowest BCUT2D eigenvalue weighted by atomic mass is 9.63. The van der Waals surface area contributed by atoms with Crippen molar-refractivity contribution >= 4 is 46.6 Å². The third kappa shape index (κ3) is 3.15. The molecule has 1 saturated heterocycles. The Morgan fingerprint density at radius 3 is 2.15 bits per heavy atom. The lowest BCUT2D eigenvalue weighted by Crippen LogP contribution is -2.45. The van der Waals surface area contributed by atoms with Crippen LogP contribution in [0.3, 0.4) is 0 Å². The molecule has 33 heavy (non-hydrogen) atoms. The Labute approximate surface area is 199 Å². The van der Waals surface area contributed by atoms with E-state index in [1.165, 1.54) is 46.2 Å². The highest BCUT2D eigenvalue weighted by Gasteiger charge is 2.67. The molecule has 3 fully saturated rings. The summed E-state index contributed by atoms with van der Waals surface area (Å²) in [5.41, 5.74) is 0.525. The van der Waals surface area contributed by atoms with E-state index in [2.05, 4.69) is 12.2 Å². The number of rotatable bonds is 4. The van der Waals surface area contributed by atoms with Crippen LogP contribution in [0.2, 0.25) is 10.0 Å². The summed E-state index contributed by atoms with van der Waals surface area (Å²) in [6.45, 7) is -0.261. The Morgan fingerprint density at radius 2 is 1.58 bits per heavy atom. The Bertz CT molecular complexity index is 1190. The van der Waals surface area contributed by atoms with Gasteiger partial charge in [-0.05, 0) is 72.6 Å². The number of nitrogens with zero attached hydrogens (tertiary/aromatic N) is 2. The van der Waals surface area contributed by atoms with Crippen LogP contribution in [0.25, 0.3) is 0 Å². The molecule has 2 saturated carbocycles. The predicted octanol–water partition coefficient (Wildman–Crippen LogP) is 4.79. The molecular weight excluding hydrogens is 466 g/mol. The standard InChI is InChI=1S/C25H19Cl2FN2O3/c26-12-1-6-17(20(27)9-12)23(31)29(14-4-2-13(28)3-5-14)11-30-24(32)21-15-7-8-16(19-10-18(15)19)22(21)25(30)33/h1-9,15-16,18-19,21-22H,10-11H2. The smallest absolute Gasteiger partial charge is 0.261 e. The minimum absolute atomic E-state index is 0.0899. The molecule has 7 rings (SSSR count). The number of anilines is 1. The monoisotopic (exact) mass is 484 g/mol. The van der Waals surface area contributed by atoms with Crippen LogP contribution in [0.5, 0.6) is 0 Å². The van der Waals surface area contributed by atoms with E-state index >= 15 is 0 Å². The molecule has 0 N–H and O–H groups in total. The van der Waals surface area contributed by atoms with Gasteiger partial charge in [0.05, 0.1) is 22.4 Å². The number of imide groups is 1. The second kappa shape index (κ2) is 7.40. The van der Waals surface area contributed by atoms with Crippen molar-refractivity contribution in [2.24, 2.45) is 35.5 Å². The molecule has 2 bridgehead atoms. The van der Waals surface area contributed by atoms with Crippen molar-refractivity contribution in [2.75, 3.05) is 11.6 Å². The summed E-state index contributed by atoms with van der Waals surface area (Å²) in [5, 5.41) is 0.523. The first-order chi connectivity index (χ1) is 15.8. The molecule has 0 spiro atoms. The molecule has 3 amide bonds. The van der Waals surface area contributed by atoms with Gasteiger partial charge in [0.15, 0.2) is 0 Å². The number of amides is 3. The van der Waals surface area contributed by atoms with Crippen molar-refractivity contribution in [3.05, 3.63) is 76.0 Å². The van der Waals surface area contributed by atoms with Gasteiger partial charge in [-0.1, -0.05) is 35.4 Å². The highest BCUT2D eigenvalue weighted by molar-refractivity contribution is 6.37. The number of benzene rings is 2. The van der Waals surface area contributed by atoms with Crippen molar-refractivity contribution in [3.63, 3.8) is 0 Å². The maximum absolute atomic E-state index is 13.6. The molecule has 1 heterocycles. The lowest BCUT2D eigenvalue weighted by molar-refractivity contribution is -0.140. The first kappa shape index (κ1) is 20.9. The Morgan fingerprint density at radius 1 is 0.970 bits per heavy atom. The molecule has 168 valence electrons. The van der Waals surface area contributed by atoms with E-state index in [1.54, 1.807) is 6.07 Å². The van der Waals surface area contributed by atoms with Crippen LogP contribution in [-0.2, 0) is 9.59 Å². The van der Waals surface area contributed by atoms with Crippen LogP contribution in [0.4, 0.5) is 10.1 Å². The molecule has 6 atom stereocenters. The van der Waals surface area contributed by atoms with Gasteiger partial charge >= 0.3 is 0 Å². The lowest BCUT2D eigenvalue weighted by Gasteiger charge is -2.37. The summed E-state index contributed by atoms with van der Waals surface area (Å²) in [6, 6.07) is 9.82. The Balaban J connectivity index is 1.35. The Hall–Kier alpha value is -2.70. The minimum Gasteiger partial charge on any atom is -0.289 e. The largest absolute Gasteiger partial charge is 0.289 e. The number of halogens is 3. The zero-order valence-electron chi connectivity index (χ0n) is 17.3. The molecule has 0 radical (unpaired) electrons. The molecule has 2 aromatic carbocycles. The van der Waals surface area contributed by atoms with Crippen LogP contribution >= 0.6 is 23.2 Å². The van der Waals surface area contributed by atoms with Gasteiger partial charge in [-0.3, -0.25) is 24.2 Å². The number of likely N-dealkylation sites (tertiary alicyclic amines) is 1. The van der Waals surface area contributed by atoms with E-state index in [1.807, 2.05) is 0 Å². The van der Waals surface area contributed by atoms with Crippen molar-refractivity contribution in [2.45, 2.75) is 6.42 Å². The van der Waals surface area contributed by atoms with Crippen molar-refractivity contribution in [1.82, 2.24) is 4.90 Å². The van der Waals surface area contributed by atoms with Gasteiger partial charge in [-0.15, -0.1) is 0 Å².